The minimum atomic E-state index is -0.476. The van der Waals surface area contributed by atoms with Gasteiger partial charge < -0.3 is 5.73 Å². The van der Waals surface area contributed by atoms with Crippen LogP contribution in [0, 0.1) is 13.8 Å². The van der Waals surface area contributed by atoms with Gasteiger partial charge in [-0.25, -0.2) is 4.98 Å². The van der Waals surface area contributed by atoms with E-state index in [-0.39, 0.29) is 5.56 Å². The lowest BCUT2D eigenvalue weighted by Gasteiger charge is -2.17. The van der Waals surface area contributed by atoms with E-state index in [9.17, 15) is 9.59 Å². The fraction of sp³-hybridized carbons (Fsp3) is 0.381. The summed E-state index contributed by atoms with van der Waals surface area (Å²) >= 11 is 2.87. The van der Waals surface area contributed by atoms with Crippen LogP contribution in [0.3, 0.4) is 0 Å². The number of nitrogens with zero attached hydrogens (tertiary/aromatic N) is 2. The van der Waals surface area contributed by atoms with Crippen molar-refractivity contribution in [1.29, 1.82) is 0 Å². The summed E-state index contributed by atoms with van der Waals surface area (Å²) in [7, 11) is 0. The average Bonchev–Trinajstić information content (AvgIpc) is 3.01. The number of aromatic nitrogens is 2. The highest BCUT2D eigenvalue weighted by atomic mass is 32.2. The molecular formula is C21H23N3O2S2. The zero-order chi connectivity index (χ0) is 20.0. The zero-order valence-corrected chi connectivity index (χ0v) is 17.9. The van der Waals surface area contributed by atoms with Crippen LogP contribution in [0.15, 0.2) is 28.2 Å². The van der Waals surface area contributed by atoms with Gasteiger partial charge in [0.15, 0.2) is 5.16 Å². The van der Waals surface area contributed by atoms with Crippen LogP contribution >= 0.6 is 23.1 Å². The lowest BCUT2D eigenvalue weighted by molar-refractivity contribution is -0.117. The lowest BCUT2D eigenvalue weighted by atomic mass is 9.97. The summed E-state index contributed by atoms with van der Waals surface area (Å²) in [5, 5.41) is 0.793. The summed E-state index contributed by atoms with van der Waals surface area (Å²) in [6, 6.07) is 6.01. The topological polar surface area (TPSA) is 78.0 Å². The summed E-state index contributed by atoms with van der Waals surface area (Å²) in [6.07, 6.45) is 4.21. The second-order valence-electron chi connectivity index (χ2n) is 7.38. The smallest absolute Gasteiger partial charge is 0.267 e. The first-order chi connectivity index (χ1) is 13.4. The third-order valence-electron chi connectivity index (χ3n) is 5.23. The molecule has 146 valence electrons. The first-order valence-corrected chi connectivity index (χ1v) is 11.2. The Morgan fingerprint density at radius 2 is 2.04 bits per heavy atom. The molecule has 1 aliphatic carbocycles. The van der Waals surface area contributed by atoms with Gasteiger partial charge in [0.25, 0.3) is 5.56 Å². The van der Waals surface area contributed by atoms with Crippen LogP contribution in [0.1, 0.15) is 41.3 Å². The molecule has 0 aliphatic heterocycles. The molecule has 0 saturated heterocycles. The Morgan fingerprint density at radius 1 is 1.29 bits per heavy atom. The van der Waals surface area contributed by atoms with Crippen molar-refractivity contribution in [3.8, 4) is 5.69 Å². The highest BCUT2D eigenvalue weighted by Crippen LogP contribution is 2.36. The van der Waals surface area contributed by atoms with E-state index in [2.05, 4.69) is 6.07 Å². The van der Waals surface area contributed by atoms with Gasteiger partial charge in [-0.2, -0.15) is 0 Å². The van der Waals surface area contributed by atoms with Gasteiger partial charge in [-0.1, -0.05) is 29.5 Å². The number of nitrogens with two attached hydrogens (primary N) is 1. The van der Waals surface area contributed by atoms with Gasteiger partial charge in [0.2, 0.25) is 5.91 Å². The maximum absolute atomic E-state index is 13.7. The fourth-order valence-electron chi connectivity index (χ4n) is 3.75. The van der Waals surface area contributed by atoms with Crippen molar-refractivity contribution in [2.75, 3.05) is 0 Å². The SMILES string of the molecule is Cc1ccc(-n2c(SC(C)C(N)=O)nc3sc4c(c3c2=O)CCCC4)c(C)c1. The van der Waals surface area contributed by atoms with E-state index >= 15 is 0 Å². The largest absolute Gasteiger partial charge is 0.369 e. The highest BCUT2D eigenvalue weighted by molar-refractivity contribution is 8.00. The predicted molar refractivity (Wildman–Crippen MR) is 116 cm³/mol. The number of thioether (sulfide) groups is 1. The van der Waals surface area contributed by atoms with Crippen LogP contribution in [-0.4, -0.2) is 20.7 Å². The van der Waals surface area contributed by atoms with E-state index in [0.29, 0.717) is 5.16 Å². The monoisotopic (exact) mass is 413 g/mol. The quantitative estimate of drug-likeness (QED) is 0.520. The number of aryl methyl sites for hydroxylation is 4. The molecule has 2 heterocycles. The predicted octanol–water partition coefficient (Wildman–Crippen LogP) is 3.91. The summed E-state index contributed by atoms with van der Waals surface area (Å²) < 4.78 is 1.67. The molecule has 2 N–H and O–H groups in total. The summed E-state index contributed by atoms with van der Waals surface area (Å²) in [4.78, 5) is 32.2. The molecule has 4 rings (SSSR count). The fourth-order valence-corrected chi connectivity index (χ4v) is 5.92. The summed E-state index contributed by atoms with van der Waals surface area (Å²) in [5.41, 5.74) is 9.54. The summed E-state index contributed by atoms with van der Waals surface area (Å²) in [6.45, 7) is 5.77. The molecule has 2 aromatic heterocycles. The van der Waals surface area contributed by atoms with E-state index in [4.69, 9.17) is 10.7 Å². The number of amides is 1. The van der Waals surface area contributed by atoms with Gasteiger partial charge in [-0.15, -0.1) is 11.3 Å². The van der Waals surface area contributed by atoms with Crippen LogP contribution < -0.4 is 11.3 Å². The molecule has 0 fully saturated rings. The molecule has 0 radical (unpaired) electrons. The molecule has 1 amide bonds. The summed E-state index contributed by atoms with van der Waals surface area (Å²) in [5.74, 6) is -0.419. The molecule has 0 saturated carbocycles. The number of hydrogen-bond acceptors (Lipinski definition) is 5. The van der Waals surface area contributed by atoms with Gasteiger partial charge in [-0.05, 0) is 63.6 Å². The van der Waals surface area contributed by atoms with E-state index in [1.807, 2.05) is 26.0 Å². The van der Waals surface area contributed by atoms with Crippen LogP contribution in [-0.2, 0) is 17.6 Å². The van der Waals surface area contributed by atoms with E-state index in [1.165, 1.54) is 22.2 Å². The van der Waals surface area contributed by atoms with Crippen molar-refractivity contribution in [1.82, 2.24) is 9.55 Å². The Hall–Kier alpha value is -2.12. The third-order valence-corrected chi connectivity index (χ3v) is 7.49. The normalized spacial score (nSPS) is 14.8. The molecule has 1 aromatic carbocycles. The van der Waals surface area contributed by atoms with E-state index in [0.717, 1.165) is 52.7 Å². The van der Waals surface area contributed by atoms with Gasteiger partial charge in [-0.3, -0.25) is 14.2 Å². The van der Waals surface area contributed by atoms with Crippen molar-refractivity contribution in [3.63, 3.8) is 0 Å². The number of carbonyl (C=O) groups is 1. The van der Waals surface area contributed by atoms with Crippen molar-refractivity contribution in [3.05, 3.63) is 50.1 Å². The van der Waals surface area contributed by atoms with Crippen LogP contribution in [0.25, 0.3) is 15.9 Å². The van der Waals surface area contributed by atoms with Crippen LogP contribution in [0.4, 0.5) is 0 Å². The van der Waals surface area contributed by atoms with Gasteiger partial charge in [0.1, 0.15) is 4.83 Å². The molecule has 3 aromatic rings. The minimum Gasteiger partial charge on any atom is -0.369 e. The molecule has 5 nitrogen and oxygen atoms in total. The van der Waals surface area contributed by atoms with E-state index < -0.39 is 11.2 Å². The molecule has 1 aliphatic rings. The number of rotatable bonds is 4. The molecule has 1 atom stereocenters. The Kier molecular flexibility index (Phi) is 5.05. The van der Waals surface area contributed by atoms with Gasteiger partial charge >= 0.3 is 0 Å². The lowest BCUT2D eigenvalue weighted by Crippen LogP contribution is -2.27. The second kappa shape index (κ2) is 7.37. The Balaban J connectivity index is 2.02. The van der Waals surface area contributed by atoms with Crippen molar-refractivity contribution in [2.45, 2.75) is 56.9 Å². The van der Waals surface area contributed by atoms with Crippen molar-refractivity contribution in [2.24, 2.45) is 5.73 Å². The minimum absolute atomic E-state index is 0.0458. The molecule has 0 bridgehead atoms. The first kappa shape index (κ1) is 19.2. The molecular weight excluding hydrogens is 390 g/mol. The van der Waals surface area contributed by atoms with Crippen LogP contribution in [0.5, 0.6) is 0 Å². The highest BCUT2D eigenvalue weighted by Gasteiger charge is 2.25. The van der Waals surface area contributed by atoms with Crippen LogP contribution in [0.2, 0.25) is 0 Å². The number of fused-ring (bicyclic) bond motifs is 3. The van der Waals surface area contributed by atoms with Crippen molar-refractivity contribution < 1.29 is 4.79 Å². The number of primary amides is 1. The Morgan fingerprint density at radius 3 is 2.75 bits per heavy atom. The number of carbonyl (C=O) groups excluding carboxylic acids is 1. The first-order valence-electron chi connectivity index (χ1n) is 9.47. The number of hydrogen-bond donors (Lipinski definition) is 1. The molecule has 1 unspecified atom stereocenters. The Labute approximate surface area is 172 Å². The number of thiophene rings is 1. The number of benzene rings is 1. The molecule has 28 heavy (non-hydrogen) atoms. The van der Waals surface area contributed by atoms with E-state index in [1.54, 1.807) is 22.8 Å². The Bertz CT molecular complexity index is 1150. The maximum Gasteiger partial charge on any atom is 0.267 e. The second-order valence-corrected chi connectivity index (χ2v) is 9.77. The zero-order valence-electron chi connectivity index (χ0n) is 16.2. The molecule has 7 heteroatoms. The molecule has 0 spiro atoms. The maximum atomic E-state index is 13.7. The van der Waals surface area contributed by atoms with Gasteiger partial charge in [0, 0.05) is 4.88 Å². The van der Waals surface area contributed by atoms with Crippen molar-refractivity contribution >= 4 is 39.2 Å². The standard InChI is InChI=1S/C21H23N3O2S2/c1-11-8-9-15(12(2)10-11)24-20(26)17-14-6-4-5-7-16(14)28-19(17)23-21(24)27-13(3)18(22)25/h8-10,13H,4-7H2,1-3H3,(H2,22,25). The third kappa shape index (κ3) is 3.26. The average molecular weight is 414 g/mol. The van der Waals surface area contributed by atoms with Gasteiger partial charge in [0.05, 0.1) is 16.3 Å².